The first-order valence-corrected chi connectivity index (χ1v) is 7.96. The van der Waals surface area contributed by atoms with Gasteiger partial charge in [-0.15, -0.1) is 0 Å². The van der Waals surface area contributed by atoms with Crippen LogP contribution >= 0.6 is 0 Å². The largest absolute Gasteiger partial charge is 3.00 e. The zero-order chi connectivity index (χ0) is 17.0. The average molecular weight is 424 g/mol. The Hall–Kier alpha value is -1.12. The number of phenolic OH excluding ortho intramolecular Hbond substituents is 1. The predicted molar refractivity (Wildman–Crippen MR) is 99.3 cm³/mol. The average Bonchev–Trinajstić information content (AvgIpc) is 2.75. The van der Waals surface area contributed by atoms with E-state index in [2.05, 4.69) is 34.6 Å². The fourth-order valence-corrected chi connectivity index (χ4v) is 2.74. The maximum Gasteiger partial charge on any atom is 3.00 e. The standard InChI is InChI=1S/C12H10O.C10H15.2ClH.Ti/c13-12-9-5-4-8-11(12)10-6-2-1-3-7-10;1-6-7(2)9(4)10(5)8(6)3;;;/h1-9,13H;1-5H3;2*1H;/q;-1;;;+3/p-2. The van der Waals surface area contributed by atoms with Gasteiger partial charge in [0.1, 0.15) is 5.75 Å². The first-order valence-electron chi connectivity index (χ1n) is 7.96. The molecule has 1 N–H and O–H groups in total. The van der Waals surface area contributed by atoms with Crippen molar-refractivity contribution in [3.8, 4) is 16.9 Å². The van der Waals surface area contributed by atoms with Crippen LogP contribution in [0.2, 0.25) is 0 Å². The molecule has 0 heterocycles. The number of halogens is 2. The molecule has 137 valence electrons. The second-order valence-corrected chi connectivity index (χ2v) is 6.01. The van der Waals surface area contributed by atoms with E-state index in [9.17, 15) is 5.11 Å². The summed E-state index contributed by atoms with van der Waals surface area (Å²) in [6.07, 6.45) is 0. The number of para-hydroxylation sites is 1. The monoisotopic (exact) mass is 423 g/mol. The second kappa shape index (κ2) is 12.3. The van der Waals surface area contributed by atoms with Crippen LogP contribution in [-0.4, -0.2) is 5.11 Å². The van der Waals surface area contributed by atoms with Gasteiger partial charge >= 0.3 is 21.7 Å². The van der Waals surface area contributed by atoms with Gasteiger partial charge in [-0.25, -0.2) is 0 Å². The minimum absolute atomic E-state index is 0. The molecule has 0 unspecified atom stereocenters. The summed E-state index contributed by atoms with van der Waals surface area (Å²) < 4.78 is 0. The third-order valence-corrected chi connectivity index (χ3v) is 4.80. The van der Waals surface area contributed by atoms with E-state index in [0.717, 1.165) is 11.1 Å². The summed E-state index contributed by atoms with van der Waals surface area (Å²) in [6.45, 7) is 11.0. The zero-order valence-corrected chi connectivity index (χ0v) is 19.0. The third-order valence-electron chi connectivity index (χ3n) is 4.80. The summed E-state index contributed by atoms with van der Waals surface area (Å²) >= 11 is 0. The topological polar surface area (TPSA) is 20.2 Å². The summed E-state index contributed by atoms with van der Waals surface area (Å²) in [5.74, 6) is 0.328. The van der Waals surface area contributed by atoms with Gasteiger partial charge in [0.15, 0.2) is 0 Å². The molecule has 0 bridgehead atoms. The second-order valence-electron chi connectivity index (χ2n) is 6.01. The van der Waals surface area contributed by atoms with Gasteiger partial charge in [0.25, 0.3) is 0 Å². The molecule has 3 aromatic rings. The summed E-state index contributed by atoms with van der Waals surface area (Å²) in [7, 11) is 0. The molecule has 3 rings (SSSR count). The van der Waals surface area contributed by atoms with Crippen LogP contribution in [0.3, 0.4) is 0 Å². The van der Waals surface area contributed by atoms with Gasteiger partial charge in [-0.05, 0) is 11.6 Å². The van der Waals surface area contributed by atoms with Crippen molar-refractivity contribution in [3.05, 3.63) is 82.4 Å². The SMILES string of the molecule is Cc1c(C)c(C)[c-](C)c1C.Oc1ccccc1-c1ccccc1.[Cl-].[Cl-].[Ti+3]. The maximum atomic E-state index is 9.56. The van der Waals surface area contributed by atoms with Crippen LogP contribution in [0.4, 0.5) is 0 Å². The molecule has 3 aromatic carbocycles. The summed E-state index contributed by atoms with van der Waals surface area (Å²) in [6, 6.07) is 17.2. The van der Waals surface area contributed by atoms with E-state index < -0.39 is 0 Å². The van der Waals surface area contributed by atoms with E-state index >= 15 is 0 Å². The minimum atomic E-state index is 0. The summed E-state index contributed by atoms with van der Waals surface area (Å²) in [4.78, 5) is 0. The molecule has 0 amide bonds. The molecule has 4 heteroatoms. The normalized spacial score (nSPS) is 8.96. The Bertz CT molecular complexity index is 715. The predicted octanol–water partition coefficient (Wildman–Crippen LogP) is 0.0123. The van der Waals surface area contributed by atoms with Crippen molar-refractivity contribution in [2.24, 2.45) is 0 Å². The Morgan fingerprint density at radius 2 is 1.12 bits per heavy atom. The van der Waals surface area contributed by atoms with Gasteiger partial charge in [-0.2, -0.15) is 27.8 Å². The molecule has 1 nitrogen and oxygen atoms in total. The van der Waals surface area contributed by atoms with Crippen LogP contribution in [0.5, 0.6) is 5.75 Å². The van der Waals surface area contributed by atoms with Crippen LogP contribution in [0.15, 0.2) is 54.6 Å². The number of benzene rings is 2. The van der Waals surface area contributed by atoms with Crippen LogP contribution in [0, 0.1) is 34.6 Å². The molecule has 0 saturated carbocycles. The van der Waals surface area contributed by atoms with Crippen LogP contribution in [0.1, 0.15) is 27.8 Å². The number of phenols is 1. The van der Waals surface area contributed by atoms with Gasteiger partial charge < -0.3 is 29.9 Å². The van der Waals surface area contributed by atoms with Gasteiger partial charge in [-0.1, -0.05) is 83.1 Å². The Balaban J connectivity index is 0. The number of rotatable bonds is 1. The van der Waals surface area contributed by atoms with E-state index in [4.69, 9.17) is 0 Å². The van der Waals surface area contributed by atoms with E-state index in [1.54, 1.807) is 6.07 Å². The first-order chi connectivity index (χ1) is 10.9. The number of hydrogen-bond acceptors (Lipinski definition) is 1. The van der Waals surface area contributed by atoms with Crippen molar-refractivity contribution in [3.63, 3.8) is 0 Å². The summed E-state index contributed by atoms with van der Waals surface area (Å²) in [5.41, 5.74) is 9.26. The van der Waals surface area contributed by atoms with Crippen LogP contribution < -0.4 is 24.8 Å². The van der Waals surface area contributed by atoms with E-state index in [1.807, 2.05) is 48.5 Å². The van der Waals surface area contributed by atoms with Crippen molar-refractivity contribution >= 4 is 0 Å². The molecule has 0 aliphatic heterocycles. The molecule has 0 aromatic heterocycles. The third kappa shape index (κ3) is 6.25. The Labute approximate surface area is 184 Å². The molecular weight excluding hydrogens is 399 g/mol. The van der Waals surface area contributed by atoms with Gasteiger partial charge in [0, 0.05) is 5.56 Å². The Kier molecular flexibility index (Phi) is 12.8. The van der Waals surface area contributed by atoms with E-state index in [1.165, 1.54) is 27.8 Å². The molecule has 0 saturated heterocycles. The number of hydrogen-bond donors (Lipinski definition) is 1. The molecule has 0 aliphatic carbocycles. The van der Waals surface area contributed by atoms with E-state index in [-0.39, 0.29) is 46.5 Å². The van der Waals surface area contributed by atoms with Crippen LogP contribution in [0.25, 0.3) is 11.1 Å². The quantitative estimate of drug-likeness (QED) is 0.432. The molecule has 26 heavy (non-hydrogen) atoms. The van der Waals surface area contributed by atoms with Crippen LogP contribution in [-0.2, 0) is 21.7 Å². The minimum Gasteiger partial charge on any atom is -1.00 e. The molecular formula is C22H25Cl2OTi. The molecule has 0 aliphatic rings. The van der Waals surface area contributed by atoms with E-state index in [0.29, 0.717) is 5.75 Å². The smallest absolute Gasteiger partial charge is 1.00 e. The molecule has 0 fully saturated rings. The first kappa shape index (κ1) is 27.1. The molecule has 0 atom stereocenters. The fraction of sp³-hybridized carbons (Fsp3) is 0.227. The van der Waals surface area contributed by atoms with Crippen molar-refractivity contribution < 1.29 is 51.6 Å². The van der Waals surface area contributed by atoms with Crippen molar-refractivity contribution in [1.82, 2.24) is 0 Å². The molecule has 1 radical (unpaired) electrons. The summed E-state index contributed by atoms with van der Waals surface area (Å²) in [5, 5.41) is 9.56. The fourth-order valence-electron chi connectivity index (χ4n) is 2.74. The van der Waals surface area contributed by atoms with Crippen molar-refractivity contribution in [2.75, 3.05) is 0 Å². The maximum absolute atomic E-state index is 9.56. The van der Waals surface area contributed by atoms with Crippen molar-refractivity contribution in [2.45, 2.75) is 34.6 Å². The Morgan fingerprint density at radius 1 is 0.692 bits per heavy atom. The zero-order valence-electron chi connectivity index (χ0n) is 15.9. The Morgan fingerprint density at radius 3 is 1.50 bits per heavy atom. The van der Waals surface area contributed by atoms with Crippen molar-refractivity contribution in [1.29, 1.82) is 0 Å². The van der Waals surface area contributed by atoms with Gasteiger partial charge in [-0.3, -0.25) is 0 Å². The van der Waals surface area contributed by atoms with Gasteiger partial charge in [0.05, 0.1) is 0 Å². The number of aromatic hydroxyl groups is 1. The molecule has 0 spiro atoms. The van der Waals surface area contributed by atoms with Gasteiger partial charge in [0.2, 0.25) is 0 Å².